The zero-order valence-electron chi connectivity index (χ0n) is 12.5. The first kappa shape index (κ1) is 14.5. The first-order valence-corrected chi connectivity index (χ1v) is 6.97. The molecule has 0 bridgehead atoms. The normalized spacial score (nSPS) is 19.9. The molecule has 1 amide bonds. The zero-order valence-corrected chi connectivity index (χ0v) is 12.5. The molecule has 0 saturated carbocycles. The highest BCUT2D eigenvalue weighted by atomic mass is 16.2. The van der Waals surface area contributed by atoms with Gasteiger partial charge in [0, 0.05) is 19.0 Å². The highest BCUT2D eigenvalue weighted by molar-refractivity contribution is 5.78. The van der Waals surface area contributed by atoms with Crippen LogP contribution in [0.2, 0.25) is 0 Å². The fourth-order valence-corrected chi connectivity index (χ4v) is 2.55. The molecule has 1 unspecified atom stereocenters. The van der Waals surface area contributed by atoms with E-state index in [4.69, 9.17) is 0 Å². The summed E-state index contributed by atoms with van der Waals surface area (Å²) >= 11 is 0. The molecule has 2 heteroatoms. The van der Waals surface area contributed by atoms with E-state index in [9.17, 15) is 4.79 Å². The van der Waals surface area contributed by atoms with Crippen LogP contribution in [0, 0.1) is 10.8 Å². The number of rotatable bonds is 4. The van der Waals surface area contributed by atoms with Gasteiger partial charge in [-0.15, -0.1) is 0 Å². The molecule has 1 atom stereocenters. The Kier molecular flexibility index (Phi) is 4.27. The summed E-state index contributed by atoms with van der Waals surface area (Å²) in [6, 6.07) is 0.382. The topological polar surface area (TPSA) is 20.3 Å². The van der Waals surface area contributed by atoms with Crippen LogP contribution in [0.4, 0.5) is 0 Å². The summed E-state index contributed by atoms with van der Waals surface area (Å²) in [5, 5.41) is 0. The van der Waals surface area contributed by atoms with Crippen LogP contribution in [-0.4, -0.2) is 23.4 Å². The molecule has 0 N–H and O–H groups in total. The van der Waals surface area contributed by atoms with Crippen LogP contribution >= 0.6 is 0 Å². The fourth-order valence-electron chi connectivity index (χ4n) is 2.55. The predicted octanol–water partition coefficient (Wildman–Crippen LogP) is 3.85. The Morgan fingerprint density at radius 1 is 1.24 bits per heavy atom. The molecule has 2 nitrogen and oxygen atoms in total. The molecule has 0 radical (unpaired) electrons. The molecular weight excluding hydrogens is 210 g/mol. The number of carbonyl (C=O) groups is 1. The van der Waals surface area contributed by atoms with Crippen LogP contribution in [0.25, 0.3) is 0 Å². The van der Waals surface area contributed by atoms with E-state index in [1.807, 2.05) is 0 Å². The Labute approximate surface area is 107 Å². The van der Waals surface area contributed by atoms with E-state index in [1.54, 1.807) is 0 Å². The lowest BCUT2D eigenvalue weighted by Gasteiger charge is -2.42. The number of likely N-dealkylation sites (tertiary alicyclic amines) is 1. The second-order valence-electron chi connectivity index (χ2n) is 7.29. The van der Waals surface area contributed by atoms with Crippen molar-refractivity contribution in [2.24, 2.45) is 10.8 Å². The van der Waals surface area contributed by atoms with E-state index >= 15 is 0 Å². The van der Waals surface area contributed by atoms with Gasteiger partial charge >= 0.3 is 0 Å². The van der Waals surface area contributed by atoms with Gasteiger partial charge in [-0.1, -0.05) is 48.0 Å². The Morgan fingerprint density at radius 2 is 1.82 bits per heavy atom. The van der Waals surface area contributed by atoms with Crippen LogP contribution in [0.1, 0.15) is 67.2 Å². The molecule has 1 fully saturated rings. The minimum atomic E-state index is 0.173. The number of carbonyl (C=O) groups excluding carboxylic acids is 1. The second-order valence-corrected chi connectivity index (χ2v) is 7.29. The molecule has 1 saturated heterocycles. The minimum absolute atomic E-state index is 0.173. The molecule has 100 valence electrons. The summed E-state index contributed by atoms with van der Waals surface area (Å²) in [7, 11) is 0. The van der Waals surface area contributed by atoms with Crippen molar-refractivity contribution >= 4 is 5.91 Å². The largest absolute Gasteiger partial charge is 0.339 e. The van der Waals surface area contributed by atoms with Gasteiger partial charge in [-0.25, -0.2) is 0 Å². The average Bonchev–Trinajstić information content (AvgIpc) is 2.59. The third kappa shape index (κ3) is 3.72. The van der Waals surface area contributed by atoms with Crippen molar-refractivity contribution in [2.45, 2.75) is 73.3 Å². The van der Waals surface area contributed by atoms with Gasteiger partial charge in [0.2, 0.25) is 5.91 Å². The third-order valence-corrected chi connectivity index (χ3v) is 4.19. The molecule has 1 rings (SSSR count). The Morgan fingerprint density at radius 3 is 2.18 bits per heavy atom. The van der Waals surface area contributed by atoms with Crippen molar-refractivity contribution in [2.75, 3.05) is 6.54 Å². The minimum Gasteiger partial charge on any atom is -0.339 e. The Hall–Kier alpha value is -0.530. The summed E-state index contributed by atoms with van der Waals surface area (Å²) in [5.41, 5.74) is 0.493. The van der Waals surface area contributed by atoms with Crippen molar-refractivity contribution in [1.29, 1.82) is 0 Å². The summed E-state index contributed by atoms with van der Waals surface area (Å²) in [4.78, 5) is 14.1. The van der Waals surface area contributed by atoms with Crippen LogP contribution in [-0.2, 0) is 4.79 Å². The SMILES string of the molecule is CCC(C)(C)CC(N1CCCC1=O)C(C)(C)C. The van der Waals surface area contributed by atoms with Crippen LogP contribution in [0.3, 0.4) is 0 Å². The predicted molar refractivity (Wildman–Crippen MR) is 72.9 cm³/mol. The number of hydrogen-bond acceptors (Lipinski definition) is 1. The lowest BCUT2D eigenvalue weighted by Crippen LogP contribution is -2.47. The van der Waals surface area contributed by atoms with Crippen molar-refractivity contribution in [1.82, 2.24) is 4.90 Å². The average molecular weight is 239 g/mol. The van der Waals surface area contributed by atoms with Gasteiger partial charge < -0.3 is 4.90 Å². The first-order chi connectivity index (χ1) is 7.67. The molecule has 1 heterocycles. The summed E-state index contributed by atoms with van der Waals surface area (Å²) in [5.74, 6) is 0.358. The maximum atomic E-state index is 12.0. The van der Waals surface area contributed by atoms with Gasteiger partial charge in [-0.2, -0.15) is 0 Å². The summed E-state index contributed by atoms with van der Waals surface area (Å²) in [6.45, 7) is 14.6. The molecule has 0 aromatic heterocycles. The smallest absolute Gasteiger partial charge is 0.222 e. The molecule has 1 aliphatic heterocycles. The molecule has 0 aromatic rings. The third-order valence-electron chi connectivity index (χ3n) is 4.19. The van der Waals surface area contributed by atoms with Crippen molar-refractivity contribution in [3.63, 3.8) is 0 Å². The maximum Gasteiger partial charge on any atom is 0.222 e. The molecule has 0 aliphatic carbocycles. The van der Waals surface area contributed by atoms with Crippen molar-refractivity contribution in [3.8, 4) is 0 Å². The van der Waals surface area contributed by atoms with Crippen LogP contribution in [0.15, 0.2) is 0 Å². The first-order valence-electron chi connectivity index (χ1n) is 6.97. The van der Waals surface area contributed by atoms with Gasteiger partial charge in [0.15, 0.2) is 0 Å². The van der Waals surface area contributed by atoms with Gasteiger partial charge in [-0.05, 0) is 23.7 Å². The fraction of sp³-hybridized carbons (Fsp3) is 0.933. The molecule has 1 aliphatic rings. The Balaban J connectivity index is 2.85. The molecule has 0 aromatic carbocycles. The lowest BCUT2D eigenvalue weighted by molar-refractivity contribution is -0.132. The molecule has 17 heavy (non-hydrogen) atoms. The highest BCUT2D eigenvalue weighted by Crippen LogP contribution is 2.37. The Bertz CT molecular complexity index is 275. The van der Waals surface area contributed by atoms with E-state index in [1.165, 1.54) is 6.42 Å². The van der Waals surface area contributed by atoms with E-state index in [0.717, 1.165) is 25.8 Å². The van der Waals surface area contributed by atoms with E-state index < -0.39 is 0 Å². The molecule has 0 spiro atoms. The molecular formula is C15H29NO. The van der Waals surface area contributed by atoms with Gasteiger partial charge in [0.05, 0.1) is 0 Å². The van der Waals surface area contributed by atoms with Gasteiger partial charge in [0.25, 0.3) is 0 Å². The van der Waals surface area contributed by atoms with Crippen molar-refractivity contribution < 1.29 is 4.79 Å². The van der Waals surface area contributed by atoms with Gasteiger partial charge in [-0.3, -0.25) is 4.79 Å². The van der Waals surface area contributed by atoms with Crippen LogP contribution < -0.4 is 0 Å². The van der Waals surface area contributed by atoms with E-state index in [0.29, 0.717) is 17.4 Å². The quantitative estimate of drug-likeness (QED) is 0.729. The summed E-state index contributed by atoms with van der Waals surface area (Å²) < 4.78 is 0. The van der Waals surface area contributed by atoms with Crippen molar-refractivity contribution in [3.05, 3.63) is 0 Å². The van der Waals surface area contributed by atoms with Crippen LogP contribution in [0.5, 0.6) is 0 Å². The zero-order chi connectivity index (χ0) is 13.3. The lowest BCUT2D eigenvalue weighted by atomic mass is 9.74. The van der Waals surface area contributed by atoms with E-state index in [-0.39, 0.29) is 5.41 Å². The number of amides is 1. The maximum absolute atomic E-state index is 12.0. The second kappa shape index (κ2) is 4.99. The standard InChI is InChI=1S/C15H29NO/c1-7-15(5,6)11-12(14(2,3)4)16-10-8-9-13(16)17/h12H,7-11H2,1-6H3. The van der Waals surface area contributed by atoms with E-state index in [2.05, 4.69) is 46.4 Å². The number of hydrogen-bond donors (Lipinski definition) is 0. The highest BCUT2D eigenvalue weighted by Gasteiger charge is 2.38. The monoisotopic (exact) mass is 239 g/mol. The van der Waals surface area contributed by atoms with Gasteiger partial charge in [0.1, 0.15) is 0 Å². The number of nitrogens with zero attached hydrogens (tertiary/aromatic N) is 1. The summed E-state index contributed by atoms with van der Waals surface area (Å²) in [6.07, 6.45) is 4.07.